The maximum absolute atomic E-state index is 12.8. The van der Waals surface area contributed by atoms with Gasteiger partial charge in [0, 0.05) is 55.5 Å². The number of aromatic nitrogens is 4. The lowest BCUT2D eigenvalue weighted by Gasteiger charge is -2.61. The fraction of sp³-hybridized carbons (Fsp3) is 0.455. The molecule has 5 heterocycles. The predicted molar refractivity (Wildman–Crippen MR) is 116 cm³/mol. The third-order valence-corrected chi connectivity index (χ3v) is 6.90. The molecular weight excluding hydrogens is 416 g/mol. The van der Waals surface area contributed by atoms with Gasteiger partial charge in [-0.1, -0.05) is 16.8 Å². The molecule has 0 unspecified atom stereocenters. The number of aryl methyl sites for hydroxylation is 1. The van der Waals surface area contributed by atoms with Crippen LogP contribution in [0, 0.1) is 12.3 Å². The summed E-state index contributed by atoms with van der Waals surface area (Å²) in [5, 5.41) is 9.11. The van der Waals surface area contributed by atoms with Gasteiger partial charge in [-0.05, 0) is 31.9 Å². The first kappa shape index (κ1) is 19.0. The Bertz CT molecular complexity index is 1190. The highest BCUT2D eigenvalue weighted by Crippen LogP contribution is 2.45. The summed E-state index contributed by atoms with van der Waals surface area (Å²) in [5.74, 6) is 0.638. The largest absolute Gasteiger partial charge is 0.369 e. The van der Waals surface area contributed by atoms with Crippen molar-refractivity contribution in [2.75, 3.05) is 31.1 Å². The van der Waals surface area contributed by atoms with Crippen LogP contribution < -0.4 is 10.5 Å². The second-order valence-corrected chi connectivity index (χ2v) is 9.57. The van der Waals surface area contributed by atoms with Gasteiger partial charge in [-0.2, -0.15) is 5.10 Å². The van der Waals surface area contributed by atoms with E-state index in [1.54, 1.807) is 30.6 Å². The lowest BCUT2D eigenvalue weighted by molar-refractivity contribution is -0.0275. The van der Waals surface area contributed by atoms with Crippen LogP contribution in [0.5, 0.6) is 0 Å². The zero-order chi connectivity index (χ0) is 21.2. The van der Waals surface area contributed by atoms with Crippen LogP contribution in [0.4, 0.5) is 5.69 Å². The van der Waals surface area contributed by atoms with Crippen LogP contribution >= 0.6 is 11.6 Å². The smallest absolute Gasteiger partial charge is 0.269 e. The summed E-state index contributed by atoms with van der Waals surface area (Å²) in [4.78, 5) is 22.0. The maximum atomic E-state index is 12.8. The van der Waals surface area contributed by atoms with Crippen LogP contribution in [0.15, 0.2) is 39.9 Å². The van der Waals surface area contributed by atoms with E-state index in [1.165, 1.54) is 30.6 Å². The first-order valence-corrected chi connectivity index (χ1v) is 11.0. The van der Waals surface area contributed by atoms with E-state index in [0.29, 0.717) is 27.6 Å². The van der Waals surface area contributed by atoms with Crippen LogP contribution in [0.3, 0.4) is 0 Å². The van der Waals surface area contributed by atoms with E-state index in [2.05, 4.69) is 25.0 Å². The predicted octanol–water partition coefficient (Wildman–Crippen LogP) is 2.59. The summed E-state index contributed by atoms with van der Waals surface area (Å²) in [6, 6.07) is 6.06. The molecule has 0 aromatic carbocycles. The Labute approximate surface area is 184 Å². The quantitative estimate of drug-likeness (QED) is 0.605. The molecule has 2 saturated heterocycles. The summed E-state index contributed by atoms with van der Waals surface area (Å²) in [7, 11) is 0. The molecule has 3 aromatic rings. The Hall–Kier alpha value is -2.71. The Morgan fingerprint density at radius 2 is 2.00 bits per heavy atom. The molecule has 0 radical (unpaired) electrons. The zero-order valence-electron chi connectivity index (χ0n) is 17.3. The molecule has 31 heavy (non-hydrogen) atoms. The second-order valence-electron chi connectivity index (χ2n) is 9.13. The fourth-order valence-corrected chi connectivity index (χ4v) is 4.93. The number of hydrogen-bond donors (Lipinski definition) is 0. The lowest BCUT2D eigenvalue weighted by atomic mass is 9.72. The molecule has 8 nitrogen and oxygen atoms in total. The van der Waals surface area contributed by atoms with E-state index >= 15 is 0 Å². The van der Waals surface area contributed by atoms with Gasteiger partial charge in [0.25, 0.3) is 5.56 Å². The van der Waals surface area contributed by atoms with Gasteiger partial charge in [0.15, 0.2) is 0 Å². The Kier molecular flexibility index (Phi) is 4.23. The van der Waals surface area contributed by atoms with Crippen LogP contribution in [0.2, 0.25) is 5.02 Å². The van der Waals surface area contributed by atoms with Gasteiger partial charge in [0.2, 0.25) is 0 Å². The number of pyridine rings is 1. The third-order valence-electron chi connectivity index (χ3n) is 6.68. The van der Waals surface area contributed by atoms with Crippen molar-refractivity contribution < 1.29 is 4.52 Å². The van der Waals surface area contributed by atoms with Crippen molar-refractivity contribution in [2.45, 2.75) is 32.4 Å². The fourth-order valence-electron chi connectivity index (χ4n) is 4.82. The average molecular weight is 439 g/mol. The molecule has 9 heteroatoms. The number of hydrogen-bond acceptors (Lipinski definition) is 7. The summed E-state index contributed by atoms with van der Waals surface area (Å²) >= 11 is 5.94. The van der Waals surface area contributed by atoms with E-state index < -0.39 is 0 Å². The van der Waals surface area contributed by atoms with Crippen molar-refractivity contribution in [3.8, 4) is 11.4 Å². The number of likely N-dealkylation sites (tertiary alicyclic amines) is 1. The molecule has 3 aromatic heterocycles. The summed E-state index contributed by atoms with van der Waals surface area (Å²) in [5.41, 5.74) is 3.22. The van der Waals surface area contributed by atoms with E-state index in [0.717, 1.165) is 30.4 Å². The van der Waals surface area contributed by atoms with Crippen molar-refractivity contribution in [3.05, 3.63) is 57.3 Å². The first-order chi connectivity index (χ1) is 15.0. The highest BCUT2D eigenvalue weighted by Gasteiger charge is 2.54. The van der Waals surface area contributed by atoms with Crippen molar-refractivity contribution in [1.29, 1.82) is 0 Å². The minimum absolute atomic E-state index is 0.137. The number of nitrogens with zero attached hydrogens (tertiary/aromatic N) is 6. The first-order valence-electron chi connectivity index (χ1n) is 10.6. The minimum Gasteiger partial charge on any atom is -0.369 e. The minimum atomic E-state index is -0.137. The van der Waals surface area contributed by atoms with Crippen molar-refractivity contribution in [1.82, 2.24) is 24.8 Å². The second kappa shape index (κ2) is 6.90. The van der Waals surface area contributed by atoms with Gasteiger partial charge in [0.1, 0.15) is 11.5 Å². The van der Waals surface area contributed by atoms with Crippen LogP contribution in [-0.2, 0) is 6.54 Å². The average Bonchev–Trinajstić information content (AvgIpc) is 3.46. The van der Waals surface area contributed by atoms with E-state index in [4.69, 9.17) is 16.1 Å². The molecule has 3 fully saturated rings. The number of halogens is 1. The Balaban J connectivity index is 1.17. The van der Waals surface area contributed by atoms with Crippen molar-refractivity contribution in [2.24, 2.45) is 5.41 Å². The lowest BCUT2D eigenvalue weighted by Crippen LogP contribution is -2.72. The SMILES string of the molecule is Cc1onc(-c2ccc(Cl)cn2)c1Cn1ncc(N2CC3(C2)CN(C2CC2)C3)cc1=O. The topological polar surface area (TPSA) is 80.3 Å². The van der Waals surface area contributed by atoms with Crippen LogP contribution in [-0.4, -0.2) is 57.0 Å². The molecule has 1 saturated carbocycles. The van der Waals surface area contributed by atoms with Crippen molar-refractivity contribution in [3.63, 3.8) is 0 Å². The molecule has 1 spiro atoms. The Morgan fingerprint density at radius 3 is 2.68 bits per heavy atom. The summed E-state index contributed by atoms with van der Waals surface area (Å²) in [6.07, 6.45) is 6.08. The molecule has 0 bridgehead atoms. The molecule has 2 aliphatic heterocycles. The highest BCUT2D eigenvalue weighted by atomic mass is 35.5. The maximum Gasteiger partial charge on any atom is 0.269 e. The summed E-state index contributed by atoms with van der Waals surface area (Å²) in [6.45, 7) is 6.52. The molecule has 160 valence electrons. The monoisotopic (exact) mass is 438 g/mol. The third kappa shape index (κ3) is 3.34. The molecule has 0 amide bonds. The van der Waals surface area contributed by atoms with E-state index in [9.17, 15) is 4.79 Å². The standard InChI is InChI=1S/C22H23ClN6O2/c1-14-18(21(26-31-14)19-5-2-15(23)7-24-19)9-29-20(30)6-17(8-25-29)28-12-22(13-28)10-27(11-22)16-3-4-16/h2,5-8,16H,3-4,9-13H2,1H3. The van der Waals surface area contributed by atoms with Gasteiger partial charge in [-0.25, -0.2) is 4.68 Å². The van der Waals surface area contributed by atoms with Gasteiger partial charge < -0.3 is 9.42 Å². The van der Waals surface area contributed by atoms with Gasteiger partial charge >= 0.3 is 0 Å². The molecule has 0 atom stereocenters. The van der Waals surface area contributed by atoms with Gasteiger partial charge in [-0.3, -0.25) is 14.7 Å². The number of anilines is 1. The van der Waals surface area contributed by atoms with Crippen molar-refractivity contribution >= 4 is 17.3 Å². The zero-order valence-corrected chi connectivity index (χ0v) is 18.0. The van der Waals surface area contributed by atoms with E-state index in [-0.39, 0.29) is 12.1 Å². The van der Waals surface area contributed by atoms with Gasteiger partial charge in [0.05, 0.1) is 29.1 Å². The highest BCUT2D eigenvalue weighted by molar-refractivity contribution is 6.30. The molecule has 0 N–H and O–H groups in total. The summed E-state index contributed by atoms with van der Waals surface area (Å²) < 4.78 is 6.81. The molecule has 3 aliphatic rings. The molecule has 6 rings (SSSR count). The van der Waals surface area contributed by atoms with Gasteiger partial charge in [-0.15, -0.1) is 0 Å². The molecular formula is C22H23ClN6O2. The Morgan fingerprint density at radius 1 is 1.19 bits per heavy atom. The molecule has 1 aliphatic carbocycles. The van der Waals surface area contributed by atoms with Crippen LogP contribution in [0.25, 0.3) is 11.4 Å². The van der Waals surface area contributed by atoms with E-state index in [1.807, 2.05) is 6.92 Å². The van der Waals surface area contributed by atoms with Crippen LogP contribution in [0.1, 0.15) is 24.2 Å². The normalized spacial score (nSPS) is 20.0. The number of rotatable bonds is 5.